The fraction of sp³-hybridized carbons (Fsp3) is 0.600. The van der Waals surface area contributed by atoms with Crippen LogP contribution in [0, 0.1) is 16.0 Å². The SMILES string of the molecule is CCC(C)CN(C)S(=O)(=O)c1cc([N+](=O)[O-])c(NN)s1. The Morgan fingerprint density at radius 1 is 1.60 bits per heavy atom. The molecule has 1 aromatic heterocycles. The summed E-state index contributed by atoms with van der Waals surface area (Å²) in [6.07, 6.45) is 0.847. The number of nitrogens with zero attached hydrogens (tertiary/aromatic N) is 2. The van der Waals surface area contributed by atoms with Crippen LogP contribution in [-0.2, 0) is 10.0 Å². The van der Waals surface area contributed by atoms with Crippen LogP contribution in [0.2, 0.25) is 0 Å². The molecule has 0 fully saturated rings. The van der Waals surface area contributed by atoms with E-state index in [9.17, 15) is 18.5 Å². The summed E-state index contributed by atoms with van der Waals surface area (Å²) in [4.78, 5) is 10.2. The van der Waals surface area contributed by atoms with Crippen LogP contribution in [0.25, 0.3) is 0 Å². The summed E-state index contributed by atoms with van der Waals surface area (Å²) >= 11 is 0.750. The highest BCUT2D eigenvalue weighted by atomic mass is 32.2. The van der Waals surface area contributed by atoms with E-state index in [4.69, 9.17) is 5.84 Å². The molecule has 3 N–H and O–H groups in total. The zero-order valence-electron chi connectivity index (χ0n) is 11.5. The lowest BCUT2D eigenvalue weighted by Gasteiger charge is -2.19. The van der Waals surface area contributed by atoms with Crippen LogP contribution in [0.15, 0.2) is 10.3 Å². The molecule has 0 aliphatic rings. The minimum atomic E-state index is -3.74. The molecule has 1 aromatic rings. The molecule has 1 atom stereocenters. The third kappa shape index (κ3) is 3.45. The highest BCUT2D eigenvalue weighted by molar-refractivity contribution is 7.91. The second-order valence-electron chi connectivity index (χ2n) is 4.48. The first-order valence-electron chi connectivity index (χ1n) is 5.95. The van der Waals surface area contributed by atoms with Crippen molar-refractivity contribution in [3.8, 4) is 0 Å². The molecule has 0 aliphatic carbocycles. The summed E-state index contributed by atoms with van der Waals surface area (Å²) in [7, 11) is -2.28. The number of hydrogen-bond acceptors (Lipinski definition) is 7. The van der Waals surface area contributed by atoms with Crippen LogP contribution >= 0.6 is 11.3 Å². The van der Waals surface area contributed by atoms with E-state index in [1.807, 2.05) is 13.8 Å². The van der Waals surface area contributed by atoms with Gasteiger partial charge in [-0.1, -0.05) is 31.6 Å². The van der Waals surface area contributed by atoms with Crippen LogP contribution in [0.5, 0.6) is 0 Å². The molecule has 10 heteroatoms. The minimum absolute atomic E-state index is 0.0190. The van der Waals surface area contributed by atoms with Gasteiger partial charge in [0.05, 0.1) is 4.92 Å². The maximum absolute atomic E-state index is 12.3. The van der Waals surface area contributed by atoms with Crippen molar-refractivity contribution in [2.45, 2.75) is 24.5 Å². The fourth-order valence-corrected chi connectivity index (χ4v) is 4.29. The Bertz CT molecular complexity index is 584. The highest BCUT2D eigenvalue weighted by Crippen LogP contribution is 2.37. The second kappa shape index (κ2) is 6.48. The summed E-state index contributed by atoms with van der Waals surface area (Å²) in [5.74, 6) is 5.38. The molecule has 1 heterocycles. The normalized spacial score (nSPS) is 13.4. The van der Waals surface area contributed by atoms with E-state index in [0.29, 0.717) is 6.54 Å². The first-order valence-corrected chi connectivity index (χ1v) is 8.20. The summed E-state index contributed by atoms with van der Waals surface area (Å²) < 4.78 is 25.8. The van der Waals surface area contributed by atoms with Crippen LogP contribution < -0.4 is 11.3 Å². The lowest BCUT2D eigenvalue weighted by Crippen LogP contribution is -2.30. The average Bonchev–Trinajstić information content (AvgIpc) is 2.83. The molecule has 1 rings (SSSR count). The Morgan fingerprint density at radius 2 is 2.20 bits per heavy atom. The van der Waals surface area contributed by atoms with E-state index in [-0.39, 0.29) is 20.8 Å². The van der Waals surface area contributed by atoms with Crippen LogP contribution in [0.3, 0.4) is 0 Å². The molecule has 0 amide bonds. The third-order valence-corrected chi connectivity index (χ3v) is 6.28. The number of hydrazine groups is 1. The van der Waals surface area contributed by atoms with E-state index in [0.717, 1.165) is 23.8 Å². The minimum Gasteiger partial charge on any atom is -0.310 e. The molecule has 0 aromatic carbocycles. The van der Waals surface area contributed by atoms with Gasteiger partial charge in [0.15, 0.2) is 5.00 Å². The lowest BCUT2D eigenvalue weighted by molar-refractivity contribution is -0.383. The number of nitro groups is 1. The van der Waals surface area contributed by atoms with Gasteiger partial charge in [-0.25, -0.2) is 14.3 Å². The van der Waals surface area contributed by atoms with Crippen LogP contribution in [0.4, 0.5) is 10.7 Å². The Hall–Kier alpha value is -1.23. The van der Waals surface area contributed by atoms with Gasteiger partial charge in [-0.3, -0.25) is 10.1 Å². The van der Waals surface area contributed by atoms with E-state index in [2.05, 4.69) is 5.43 Å². The van der Waals surface area contributed by atoms with Crippen LogP contribution in [0.1, 0.15) is 20.3 Å². The maximum Gasteiger partial charge on any atom is 0.306 e. The predicted octanol–water partition coefficient (Wildman–Crippen LogP) is 1.61. The van der Waals surface area contributed by atoms with E-state index < -0.39 is 14.9 Å². The van der Waals surface area contributed by atoms with Crippen molar-refractivity contribution in [1.82, 2.24) is 4.31 Å². The van der Waals surface area contributed by atoms with Crippen molar-refractivity contribution < 1.29 is 13.3 Å². The number of anilines is 1. The zero-order chi connectivity index (χ0) is 15.5. The van der Waals surface area contributed by atoms with Gasteiger partial charge in [-0.05, 0) is 5.92 Å². The van der Waals surface area contributed by atoms with Crippen molar-refractivity contribution in [1.29, 1.82) is 0 Å². The van der Waals surface area contributed by atoms with Crippen molar-refractivity contribution >= 4 is 32.0 Å². The molecule has 0 saturated carbocycles. The van der Waals surface area contributed by atoms with Gasteiger partial charge in [0.25, 0.3) is 10.0 Å². The first-order chi connectivity index (χ1) is 9.23. The number of sulfonamides is 1. The van der Waals surface area contributed by atoms with Gasteiger partial charge in [-0.2, -0.15) is 4.31 Å². The fourth-order valence-electron chi connectivity index (χ4n) is 1.55. The molecule has 0 radical (unpaired) electrons. The lowest BCUT2D eigenvalue weighted by atomic mass is 10.1. The van der Waals surface area contributed by atoms with Gasteiger partial charge in [0, 0.05) is 19.7 Å². The van der Waals surface area contributed by atoms with Gasteiger partial charge < -0.3 is 5.43 Å². The van der Waals surface area contributed by atoms with Crippen LogP contribution in [-0.4, -0.2) is 31.2 Å². The van der Waals surface area contributed by atoms with Gasteiger partial charge in [0.1, 0.15) is 4.21 Å². The average molecular weight is 322 g/mol. The van der Waals surface area contributed by atoms with Gasteiger partial charge >= 0.3 is 5.69 Å². The molecular weight excluding hydrogens is 304 g/mol. The van der Waals surface area contributed by atoms with Crippen molar-refractivity contribution in [3.05, 3.63) is 16.2 Å². The maximum atomic E-state index is 12.3. The number of rotatable bonds is 7. The standard InChI is InChI=1S/C10H18N4O4S2/c1-4-7(2)6-13(3)20(17,18)9-5-8(14(15)16)10(12-11)19-9/h5,7,12H,4,6,11H2,1-3H3. The summed E-state index contributed by atoms with van der Waals surface area (Å²) in [5, 5.41) is 10.8. The molecule has 1 unspecified atom stereocenters. The predicted molar refractivity (Wildman–Crippen MR) is 78.1 cm³/mol. The van der Waals surface area contributed by atoms with Crippen molar-refractivity contribution in [3.63, 3.8) is 0 Å². The summed E-state index contributed by atoms with van der Waals surface area (Å²) in [6.45, 7) is 4.27. The van der Waals surface area contributed by atoms with Crippen molar-refractivity contribution in [2.24, 2.45) is 11.8 Å². The molecule has 0 bridgehead atoms. The molecular formula is C10H18N4O4S2. The van der Waals surface area contributed by atoms with E-state index in [1.54, 1.807) is 0 Å². The Morgan fingerprint density at radius 3 is 2.60 bits per heavy atom. The molecule has 0 spiro atoms. The zero-order valence-corrected chi connectivity index (χ0v) is 13.1. The molecule has 114 valence electrons. The Balaban J connectivity index is 3.12. The third-order valence-electron chi connectivity index (χ3n) is 2.95. The number of nitrogen functional groups attached to an aromatic ring is 1. The number of nitrogens with two attached hydrogens (primary N) is 1. The second-order valence-corrected chi connectivity index (χ2v) is 7.80. The Kier molecular flexibility index (Phi) is 5.45. The number of thiophene rings is 1. The summed E-state index contributed by atoms with van der Waals surface area (Å²) in [6, 6.07) is 1.03. The number of nitrogens with one attached hydrogen (secondary N) is 1. The van der Waals surface area contributed by atoms with Gasteiger partial charge in [-0.15, -0.1) is 0 Å². The monoisotopic (exact) mass is 322 g/mol. The largest absolute Gasteiger partial charge is 0.310 e. The van der Waals surface area contributed by atoms with E-state index >= 15 is 0 Å². The van der Waals surface area contributed by atoms with Gasteiger partial charge in [0.2, 0.25) is 0 Å². The molecule has 20 heavy (non-hydrogen) atoms. The molecule has 0 aliphatic heterocycles. The molecule has 8 nitrogen and oxygen atoms in total. The van der Waals surface area contributed by atoms with E-state index in [1.165, 1.54) is 11.4 Å². The number of hydrogen-bond donors (Lipinski definition) is 2. The topological polar surface area (TPSA) is 119 Å². The molecule has 0 saturated heterocycles. The summed E-state index contributed by atoms with van der Waals surface area (Å²) in [5.41, 5.74) is 1.81. The first kappa shape index (κ1) is 16.8. The van der Waals surface area contributed by atoms with Crippen molar-refractivity contribution in [2.75, 3.05) is 19.0 Å². The Labute approximate surface area is 121 Å². The quantitative estimate of drug-likeness (QED) is 0.447. The smallest absolute Gasteiger partial charge is 0.306 e. The highest BCUT2D eigenvalue weighted by Gasteiger charge is 2.29.